The summed E-state index contributed by atoms with van der Waals surface area (Å²) < 4.78 is 0. The van der Waals surface area contributed by atoms with E-state index in [9.17, 15) is 9.59 Å². The SMILES string of the molecule is CC(C)(C)N1CC(Cc2ccccc2)C(=O)CC1=O. The summed E-state index contributed by atoms with van der Waals surface area (Å²) in [6.07, 6.45) is 0.772. The number of benzene rings is 1. The van der Waals surface area contributed by atoms with E-state index in [1.165, 1.54) is 0 Å². The van der Waals surface area contributed by atoms with Crippen molar-refractivity contribution in [1.82, 2.24) is 4.90 Å². The fourth-order valence-electron chi connectivity index (χ4n) is 2.54. The van der Waals surface area contributed by atoms with Crippen LogP contribution in [-0.4, -0.2) is 28.7 Å². The van der Waals surface area contributed by atoms with E-state index in [2.05, 4.69) is 0 Å². The number of hydrogen-bond donors (Lipinski definition) is 0. The third kappa shape index (κ3) is 3.22. The predicted molar refractivity (Wildman–Crippen MR) is 74.7 cm³/mol. The van der Waals surface area contributed by atoms with Gasteiger partial charge in [0.25, 0.3) is 0 Å². The van der Waals surface area contributed by atoms with E-state index in [4.69, 9.17) is 0 Å². The molecular formula is C16H21NO2. The van der Waals surface area contributed by atoms with E-state index < -0.39 is 0 Å². The summed E-state index contributed by atoms with van der Waals surface area (Å²) in [4.78, 5) is 25.8. The molecule has 0 spiro atoms. The highest BCUT2D eigenvalue weighted by Gasteiger charge is 2.37. The van der Waals surface area contributed by atoms with Crippen LogP contribution in [0.25, 0.3) is 0 Å². The summed E-state index contributed by atoms with van der Waals surface area (Å²) in [6, 6.07) is 10.00. The molecule has 3 nitrogen and oxygen atoms in total. The molecule has 1 aliphatic rings. The summed E-state index contributed by atoms with van der Waals surface area (Å²) in [7, 11) is 0. The number of hydrogen-bond acceptors (Lipinski definition) is 2. The van der Waals surface area contributed by atoms with Crippen molar-refractivity contribution in [3.05, 3.63) is 35.9 Å². The minimum Gasteiger partial charge on any atom is -0.337 e. The number of piperidine rings is 1. The van der Waals surface area contributed by atoms with Crippen molar-refractivity contribution < 1.29 is 9.59 Å². The van der Waals surface area contributed by atoms with Crippen LogP contribution in [0.15, 0.2) is 30.3 Å². The highest BCUT2D eigenvalue weighted by Crippen LogP contribution is 2.25. The number of nitrogens with zero attached hydrogens (tertiary/aromatic N) is 1. The first-order valence-electron chi connectivity index (χ1n) is 6.75. The molecule has 1 heterocycles. The molecule has 102 valence electrons. The molecule has 1 aromatic carbocycles. The van der Waals surface area contributed by atoms with E-state index in [0.717, 1.165) is 12.0 Å². The quantitative estimate of drug-likeness (QED) is 0.765. The lowest BCUT2D eigenvalue weighted by Gasteiger charge is -2.41. The molecule has 0 aromatic heterocycles. The Morgan fingerprint density at radius 2 is 1.79 bits per heavy atom. The lowest BCUT2D eigenvalue weighted by molar-refractivity contribution is -0.147. The molecule has 1 saturated heterocycles. The lowest BCUT2D eigenvalue weighted by atomic mass is 9.87. The molecule has 0 aliphatic carbocycles. The van der Waals surface area contributed by atoms with Crippen LogP contribution in [0.2, 0.25) is 0 Å². The molecule has 3 heteroatoms. The standard InChI is InChI=1S/C16H21NO2/c1-16(2,3)17-11-13(14(18)10-15(17)19)9-12-7-5-4-6-8-12/h4-8,13H,9-11H2,1-3H3. The van der Waals surface area contributed by atoms with Crippen LogP contribution in [-0.2, 0) is 16.0 Å². The monoisotopic (exact) mass is 259 g/mol. The molecule has 0 N–H and O–H groups in total. The first kappa shape index (κ1) is 13.8. The Hall–Kier alpha value is -1.64. The van der Waals surface area contributed by atoms with Crippen LogP contribution in [0.3, 0.4) is 0 Å². The van der Waals surface area contributed by atoms with Crippen LogP contribution in [0.5, 0.6) is 0 Å². The van der Waals surface area contributed by atoms with Gasteiger partial charge >= 0.3 is 0 Å². The zero-order valence-corrected chi connectivity index (χ0v) is 11.8. The summed E-state index contributed by atoms with van der Waals surface area (Å²) in [5.74, 6) is -0.0320. The second-order valence-electron chi connectivity index (χ2n) is 6.20. The zero-order valence-electron chi connectivity index (χ0n) is 11.8. The molecule has 1 amide bonds. The van der Waals surface area contributed by atoms with Crippen molar-refractivity contribution >= 4 is 11.7 Å². The van der Waals surface area contributed by atoms with Crippen LogP contribution in [0.4, 0.5) is 0 Å². The zero-order chi connectivity index (χ0) is 14.0. The van der Waals surface area contributed by atoms with Gasteiger partial charge in [0.05, 0.1) is 6.42 Å². The Balaban J connectivity index is 2.13. The van der Waals surface area contributed by atoms with Gasteiger partial charge in [-0.1, -0.05) is 30.3 Å². The maximum absolute atomic E-state index is 12.0. The molecule has 2 rings (SSSR count). The Kier molecular flexibility index (Phi) is 3.74. The van der Waals surface area contributed by atoms with Gasteiger partial charge in [-0.15, -0.1) is 0 Å². The molecule has 1 unspecified atom stereocenters. The predicted octanol–water partition coefficient (Wildman–Crippen LogP) is 2.45. The largest absolute Gasteiger partial charge is 0.337 e. The van der Waals surface area contributed by atoms with Gasteiger partial charge in [-0.3, -0.25) is 9.59 Å². The molecule has 19 heavy (non-hydrogen) atoms. The number of ketones is 1. The normalized spacial score (nSPS) is 20.8. The van der Waals surface area contributed by atoms with Crippen LogP contribution in [0, 0.1) is 5.92 Å². The lowest BCUT2D eigenvalue weighted by Crippen LogP contribution is -2.53. The highest BCUT2D eigenvalue weighted by atomic mass is 16.2. The number of carbonyl (C=O) groups is 2. The minimum absolute atomic E-state index is 0.0400. The van der Waals surface area contributed by atoms with Crippen molar-refractivity contribution in [2.45, 2.75) is 39.2 Å². The van der Waals surface area contributed by atoms with Gasteiger partial charge in [-0.05, 0) is 32.8 Å². The smallest absolute Gasteiger partial charge is 0.230 e. The Bertz CT molecular complexity index is 473. The van der Waals surface area contributed by atoms with Gasteiger partial charge in [0.2, 0.25) is 5.91 Å². The molecule has 0 radical (unpaired) electrons. The molecule has 0 saturated carbocycles. The van der Waals surface area contributed by atoms with Crippen molar-refractivity contribution in [2.75, 3.05) is 6.54 Å². The molecule has 1 fully saturated rings. The summed E-state index contributed by atoms with van der Waals surface area (Å²) in [5.41, 5.74) is 0.941. The number of rotatable bonds is 2. The van der Waals surface area contributed by atoms with Crippen LogP contribution in [0.1, 0.15) is 32.8 Å². The average molecular weight is 259 g/mol. The average Bonchev–Trinajstić information content (AvgIpc) is 2.32. The first-order valence-corrected chi connectivity index (χ1v) is 6.75. The van der Waals surface area contributed by atoms with E-state index in [1.54, 1.807) is 0 Å². The maximum Gasteiger partial charge on any atom is 0.230 e. The number of likely N-dealkylation sites (tertiary alicyclic amines) is 1. The van der Waals surface area contributed by atoms with E-state index >= 15 is 0 Å². The number of carbonyl (C=O) groups excluding carboxylic acids is 2. The minimum atomic E-state index is -0.216. The maximum atomic E-state index is 12.0. The Morgan fingerprint density at radius 1 is 1.16 bits per heavy atom. The summed E-state index contributed by atoms with van der Waals surface area (Å²) in [5, 5.41) is 0. The second kappa shape index (κ2) is 5.16. The van der Waals surface area contributed by atoms with Crippen molar-refractivity contribution in [1.29, 1.82) is 0 Å². The topological polar surface area (TPSA) is 37.4 Å². The summed E-state index contributed by atoms with van der Waals surface area (Å²) >= 11 is 0. The van der Waals surface area contributed by atoms with E-state index in [1.807, 2.05) is 56.0 Å². The van der Waals surface area contributed by atoms with Gasteiger partial charge in [0.15, 0.2) is 0 Å². The molecule has 0 bridgehead atoms. The van der Waals surface area contributed by atoms with Gasteiger partial charge in [0, 0.05) is 18.0 Å². The molecule has 1 aliphatic heterocycles. The van der Waals surface area contributed by atoms with E-state index in [0.29, 0.717) is 6.54 Å². The first-order chi connectivity index (χ1) is 8.88. The number of amides is 1. The van der Waals surface area contributed by atoms with Crippen LogP contribution < -0.4 is 0 Å². The Labute approximate surface area is 114 Å². The highest BCUT2D eigenvalue weighted by molar-refractivity contribution is 6.01. The van der Waals surface area contributed by atoms with Crippen molar-refractivity contribution in [3.63, 3.8) is 0 Å². The fraction of sp³-hybridized carbons (Fsp3) is 0.500. The Morgan fingerprint density at radius 3 is 2.37 bits per heavy atom. The van der Waals surface area contributed by atoms with Crippen molar-refractivity contribution in [3.8, 4) is 0 Å². The van der Waals surface area contributed by atoms with Crippen molar-refractivity contribution in [2.24, 2.45) is 5.92 Å². The summed E-state index contributed by atoms with van der Waals surface area (Å²) in [6.45, 7) is 6.58. The fourth-order valence-corrected chi connectivity index (χ4v) is 2.54. The van der Waals surface area contributed by atoms with Gasteiger partial charge in [-0.25, -0.2) is 0 Å². The second-order valence-corrected chi connectivity index (χ2v) is 6.20. The molecular weight excluding hydrogens is 238 g/mol. The third-order valence-electron chi connectivity index (χ3n) is 3.62. The third-order valence-corrected chi connectivity index (χ3v) is 3.62. The van der Waals surface area contributed by atoms with E-state index in [-0.39, 0.29) is 29.6 Å². The van der Waals surface area contributed by atoms with Gasteiger partial charge < -0.3 is 4.90 Å². The molecule has 1 atom stereocenters. The van der Waals surface area contributed by atoms with Crippen LogP contribution >= 0.6 is 0 Å². The van der Waals surface area contributed by atoms with Gasteiger partial charge in [-0.2, -0.15) is 0 Å². The van der Waals surface area contributed by atoms with Gasteiger partial charge in [0.1, 0.15) is 5.78 Å². The number of Topliss-reactive ketones (excluding diaryl/α,β-unsaturated/α-hetero) is 1. The molecule has 1 aromatic rings.